The zero-order chi connectivity index (χ0) is 14.8. The number of carboxylic acids is 1. The van der Waals surface area contributed by atoms with Crippen molar-refractivity contribution in [2.75, 3.05) is 0 Å². The quantitative estimate of drug-likeness (QED) is 0.754. The number of terminal acetylenes is 1. The lowest BCUT2D eigenvalue weighted by Crippen LogP contribution is -1.98. The first-order chi connectivity index (χ1) is 10.2. The van der Waals surface area contributed by atoms with Gasteiger partial charge in [0.15, 0.2) is 0 Å². The first-order valence-corrected chi connectivity index (χ1v) is 7.06. The number of carboxylic acid groups (broad SMARTS) is 1. The van der Waals surface area contributed by atoms with Crippen molar-refractivity contribution in [1.29, 1.82) is 0 Å². The van der Waals surface area contributed by atoms with E-state index in [9.17, 15) is 4.79 Å². The zero-order valence-corrected chi connectivity index (χ0v) is 11.7. The van der Waals surface area contributed by atoms with Crippen molar-refractivity contribution in [1.82, 2.24) is 9.78 Å². The topological polar surface area (TPSA) is 55.1 Å². The smallest absolute Gasteiger partial charge is 0.335 e. The van der Waals surface area contributed by atoms with Gasteiger partial charge in [0.2, 0.25) is 0 Å². The molecule has 0 aliphatic carbocycles. The second-order valence-corrected chi connectivity index (χ2v) is 5.12. The molecular formula is C16H10N2O2S. The van der Waals surface area contributed by atoms with Crippen LogP contribution in [0.25, 0.3) is 16.9 Å². The number of hydrogen-bond donors (Lipinski definition) is 1. The summed E-state index contributed by atoms with van der Waals surface area (Å²) in [6.45, 7) is 0. The van der Waals surface area contributed by atoms with Crippen molar-refractivity contribution in [3.8, 4) is 29.3 Å². The van der Waals surface area contributed by atoms with Gasteiger partial charge in [-0.25, -0.2) is 9.48 Å². The molecule has 102 valence electrons. The molecule has 0 atom stereocenters. The van der Waals surface area contributed by atoms with Crippen molar-refractivity contribution in [2.24, 2.45) is 0 Å². The molecule has 3 aromatic rings. The Morgan fingerprint density at radius 3 is 2.62 bits per heavy atom. The molecule has 0 amide bonds. The van der Waals surface area contributed by atoms with Crippen LogP contribution >= 0.6 is 11.3 Å². The number of hydrogen-bond acceptors (Lipinski definition) is 3. The molecule has 2 aromatic heterocycles. The Bertz CT molecular complexity index is 824. The van der Waals surface area contributed by atoms with E-state index < -0.39 is 5.97 Å². The molecule has 3 rings (SSSR count). The molecule has 1 N–H and O–H groups in total. The first-order valence-electron chi connectivity index (χ1n) is 6.11. The van der Waals surface area contributed by atoms with Gasteiger partial charge in [-0.15, -0.1) is 6.42 Å². The minimum absolute atomic E-state index is 0.237. The predicted molar refractivity (Wildman–Crippen MR) is 81.8 cm³/mol. The van der Waals surface area contributed by atoms with Crippen molar-refractivity contribution >= 4 is 17.3 Å². The largest absolute Gasteiger partial charge is 0.478 e. The minimum atomic E-state index is -0.953. The summed E-state index contributed by atoms with van der Waals surface area (Å²) >= 11 is 1.58. The Hall–Kier alpha value is -2.84. The van der Waals surface area contributed by atoms with Crippen LogP contribution in [-0.2, 0) is 0 Å². The van der Waals surface area contributed by atoms with Crippen LogP contribution in [0, 0.1) is 12.3 Å². The van der Waals surface area contributed by atoms with Gasteiger partial charge >= 0.3 is 5.97 Å². The van der Waals surface area contributed by atoms with E-state index in [1.807, 2.05) is 16.8 Å². The molecule has 0 aliphatic rings. The molecular weight excluding hydrogens is 284 g/mol. The first kappa shape index (κ1) is 13.2. The van der Waals surface area contributed by atoms with Crippen LogP contribution in [0.3, 0.4) is 0 Å². The normalized spacial score (nSPS) is 10.2. The van der Waals surface area contributed by atoms with Gasteiger partial charge in [0.05, 0.1) is 16.8 Å². The lowest BCUT2D eigenvalue weighted by molar-refractivity contribution is 0.0697. The maximum atomic E-state index is 10.9. The van der Waals surface area contributed by atoms with E-state index in [0.29, 0.717) is 5.56 Å². The number of thiophene rings is 1. The summed E-state index contributed by atoms with van der Waals surface area (Å²) in [7, 11) is 0. The highest BCUT2D eigenvalue weighted by atomic mass is 32.1. The summed E-state index contributed by atoms with van der Waals surface area (Å²) < 4.78 is 1.66. The summed E-state index contributed by atoms with van der Waals surface area (Å²) in [5.74, 6) is 1.68. The van der Waals surface area contributed by atoms with Gasteiger partial charge in [-0.3, -0.25) is 0 Å². The highest BCUT2D eigenvalue weighted by Gasteiger charge is 2.11. The van der Waals surface area contributed by atoms with E-state index in [1.165, 1.54) is 0 Å². The molecule has 0 saturated heterocycles. The molecule has 4 nitrogen and oxygen atoms in total. The number of carbonyl (C=O) groups is 1. The lowest BCUT2D eigenvalue weighted by atomic mass is 10.1. The van der Waals surface area contributed by atoms with Gasteiger partial charge < -0.3 is 5.11 Å². The third kappa shape index (κ3) is 2.45. The molecule has 0 fully saturated rings. The van der Waals surface area contributed by atoms with E-state index in [0.717, 1.165) is 16.9 Å². The zero-order valence-electron chi connectivity index (χ0n) is 10.9. The Morgan fingerprint density at radius 1 is 1.29 bits per heavy atom. The van der Waals surface area contributed by atoms with Crippen molar-refractivity contribution in [3.05, 3.63) is 58.4 Å². The lowest BCUT2D eigenvalue weighted by Gasteiger charge is -2.01. The fourth-order valence-electron chi connectivity index (χ4n) is 1.98. The van der Waals surface area contributed by atoms with E-state index >= 15 is 0 Å². The SMILES string of the molecule is C#Cc1cn(-c2ccc(C(=O)O)cc2)nc1-c1ccsc1. The average Bonchev–Trinajstić information content (AvgIpc) is 3.16. The molecule has 0 saturated carbocycles. The second kappa shape index (κ2) is 5.27. The fraction of sp³-hybridized carbons (Fsp3) is 0. The van der Waals surface area contributed by atoms with E-state index in [1.54, 1.807) is 46.5 Å². The molecule has 0 bridgehead atoms. The second-order valence-electron chi connectivity index (χ2n) is 4.34. The summed E-state index contributed by atoms with van der Waals surface area (Å²) in [6.07, 6.45) is 7.30. The Kier molecular flexibility index (Phi) is 3.30. The summed E-state index contributed by atoms with van der Waals surface area (Å²) in [5, 5.41) is 17.4. The van der Waals surface area contributed by atoms with Crippen LogP contribution < -0.4 is 0 Å². The van der Waals surface area contributed by atoms with Crippen LogP contribution in [0.15, 0.2) is 47.3 Å². The van der Waals surface area contributed by atoms with Crippen LogP contribution in [0.4, 0.5) is 0 Å². The van der Waals surface area contributed by atoms with Crippen molar-refractivity contribution in [3.63, 3.8) is 0 Å². The average molecular weight is 294 g/mol. The number of rotatable bonds is 3. The molecule has 21 heavy (non-hydrogen) atoms. The Morgan fingerprint density at radius 2 is 2.05 bits per heavy atom. The number of aromatic nitrogens is 2. The summed E-state index contributed by atoms with van der Waals surface area (Å²) in [4.78, 5) is 10.9. The van der Waals surface area contributed by atoms with Gasteiger partial charge in [-0.1, -0.05) is 5.92 Å². The molecule has 0 unspecified atom stereocenters. The highest BCUT2D eigenvalue weighted by Crippen LogP contribution is 2.25. The number of benzene rings is 1. The van der Waals surface area contributed by atoms with E-state index in [4.69, 9.17) is 11.5 Å². The molecule has 0 radical (unpaired) electrons. The van der Waals surface area contributed by atoms with Crippen LogP contribution in [-0.4, -0.2) is 20.9 Å². The van der Waals surface area contributed by atoms with Crippen LogP contribution in [0.1, 0.15) is 15.9 Å². The van der Waals surface area contributed by atoms with Crippen LogP contribution in [0.5, 0.6) is 0 Å². The standard InChI is InChI=1S/C16H10N2O2S/c1-2-11-9-18(17-15(11)13-7-8-21-10-13)14-5-3-12(4-6-14)16(19)20/h1,3-10H,(H,19,20). The Balaban J connectivity index is 2.04. The molecule has 1 aromatic carbocycles. The maximum absolute atomic E-state index is 10.9. The molecule has 0 aliphatic heterocycles. The Labute approximate surface area is 125 Å². The van der Waals surface area contributed by atoms with Gasteiger partial charge in [-0.2, -0.15) is 16.4 Å². The number of nitrogens with zero attached hydrogens (tertiary/aromatic N) is 2. The minimum Gasteiger partial charge on any atom is -0.478 e. The molecule has 2 heterocycles. The van der Waals surface area contributed by atoms with Crippen LogP contribution in [0.2, 0.25) is 0 Å². The molecule has 0 spiro atoms. The predicted octanol–water partition coefficient (Wildman–Crippen LogP) is 3.28. The van der Waals surface area contributed by atoms with Crippen molar-refractivity contribution < 1.29 is 9.90 Å². The third-order valence-electron chi connectivity index (χ3n) is 3.04. The summed E-state index contributed by atoms with van der Waals surface area (Å²) in [6, 6.07) is 8.45. The summed E-state index contributed by atoms with van der Waals surface area (Å²) in [5.41, 5.74) is 3.43. The third-order valence-corrected chi connectivity index (χ3v) is 3.73. The van der Waals surface area contributed by atoms with Gasteiger partial charge in [-0.05, 0) is 35.7 Å². The van der Waals surface area contributed by atoms with Crippen molar-refractivity contribution in [2.45, 2.75) is 0 Å². The van der Waals surface area contributed by atoms with Gasteiger partial charge in [0.25, 0.3) is 0 Å². The van der Waals surface area contributed by atoms with E-state index in [2.05, 4.69) is 11.0 Å². The maximum Gasteiger partial charge on any atom is 0.335 e. The molecule has 5 heteroatoms. The van der Waals surface area contributed by atoms with E-state index in [-0.39, 0.29) is 5.56 Å². The monoisotopic (exact) mass is 294 g/mol. The van der Waals surface area contributed by atoms with Gasteiger partial charge in [0.1, 0.15) is 5.69 Å². The van der Waals surface area contributed by atoms with Gasteiger partial charge in [0, 0.05) is 17.1 Å². The number of aromatic carboxylic acids is 1. The highest BCUT2D eigenvalue weighted by molar-refractivity contribution is 7.08. The fourth-order valence-corrected chi connectivity index (χ4v) is 2.62.